The Balaban J connectivity index is 1.43. The van der Waals surface area contributed by atoms with Crippen LogP contribution in [0, 0.1) is 5.82 Å². The lowest BCUT2D eigenvalue weighted by atomic mass is 10.2. The summed E-state index contributed by atoms with van der Waals surface area (Å²) in [5, 5.41) is 7.36. The molecule has 2 aromatic heterocycles. The molecule has 2 amide bonds. The van der Waals surface area contributed by atoms with E-state index < -0.39 is 0 Å². The Morgan fingerprint density at radius 1 is 1.43 bits per heavy atom. The summed E-state index contributed by atoms with van der Waals surface area (Å²) in [7, 11) is 0. The first kappa shape index (κ1) is 13.7. The molecule has 3 heterocycles. The van der Waals surface area contributed by atoms with E-state index in [1.54, 1.807) is 11.0 Å². The lowest BCUT2D eigenvalue weighted by Gasteiger charge is -2.25. The maximum Gasteiger partial charge on any atom is 0.318 e. The largest absolute Gasteiger partial charge is 0.448 e. The maximum absolute atomic E-state index is 13.1. The molecular weight excluding hydrogens is 303 g/mol. The minimum Gasteiger partial charge on any atom is -0.448 e. The fourth-order valence-corrected chi connectivity index (χ4v) is 2.66. The number of nitrogens with zero attached hydrogens (tertiary/aromatic N) is 3. The Hall–Kier alpha value is -2.90. The van der Waals surface area contributed by atoms with Crippen molar-refractivity contribution in [1.29, 1.82) is 0 Å². The first-order valence-electron chi connectivity index (χ1n) is 7.18. The third-order valence-corrected chi connectivity index (χ3v) is 3.88. The van der Waals surface area contributed by atoms with Gasteiger partial charge in [-0.15, -0.1) is 0 Å². The zero-order chi connectivity index (χ0) is 15.8. The van der Waals surface area contributed by atoms with Crippen molar-refractivity contribution in [3.05, 3.63) is 47.6 Å². The lowest BCUT2D eigenvalue weighted by molar-refractivity contribution is 0.188. The van der Waals surface area contributed by atoms with Gasteiger partial charge in [0.1, 0.15) is 23.0 Å². The zero-order valence-electron chi connectivity index (χ0n) is 12.1. The van der Waals surface area contributed by atoms with E-state index in [4.69, 9.17) is 8.94 Å². The van der Waals surface area contributed by atoms with E-state index in [2.05, 4.69) is 15.5 Å². The summed E-state index contributed by atoms with van der Waals surface area (Å²) in [6.07, 6.45) is 2.04. The Labute approximate surface area is 130 Å². The SMILES string of the molecule is O=C(NCc1noc2cc(F)ccc12)N1CCc2ocnc2C1. The number of urea groups is 1. The number of carbonyl (C=O) groups excluding carboxylic acids is 1. The van der Waals surface area contributed by atoms with Crippen LogP contribution in [-0.4, -0.2) is 27.6 Å². The van der Waals surface area contributed by atoms with Gasteiger partial charge in [0, 0.05) is 24.4 Å². The number of hydrogen-bond acceptors (Lipinski definition) is 5. The molecular formula is C15H13FN4O3. The number of rotatable bonds is 2. The second-order valence-electron chi connectivity index (χ2n) is 5.32. The molecule has 0 bridgehead atoms. The predicted octanol–water partition coefficient (Wildman–Crippen LogP) is 2.22. The van der Waals surface area contributed by atoms with E-state index in [0.29, 0.717) is 36.2 Å². The molecule has 4 rings (SSSR count). The smallest absolute Gasteiger partial charge is 0.318 e. The number of aromatic nitrogens is 2. The summed E-state index contributed by atoms with van der Waals surface area (Å²) < 4.78 is 23.4. The molecule has 1 N–H and O–H groups in total. The van der Waals surface area contributed by atoms with Crippen LogP contribution in [0.4, 0.5) is 9.18 Å². The standard InChI is InChI=1S/C15H13FN4O3/c16-9-1-2-10-11(19-23-14(10)5-9)6-17-15(21)20-4-3-13-12(7-20)18-8-22-13/h1-2,5,8H,3-4,6-7H2,(H,17,21). The average molecular weight is 316 g/mol. The molecule has 23 heavy (non-hydrogen) atoms. The number of halogens is 1. The van der Waals surface area contributed by atoms with Crippen molar-refractivity contribution in [3.8, 4) is 0 Å². The van der Waals surface area contributed by atoms with Crippen LogP contribution in [0.5, 0.6) is 0 Å². The van der Waals surface area contributed by atoms with Crippen molar-refractivity contribution in [1.82, 2.24) is 20.4 Å². The van der Waals surface area contributed by atoms with Gasteiger partial charge in [-0.2, -0.15) is 0 Å². The van der Waals surface area contributed by atoms with Crippen molar-refractivity contribution >= 4 is 17.0 Å². The van der Waals surface area contributed by atoms with Gasteiger partial charge in [-0.3, -0.25) is 0 Å². The molecule has 118 valence electrons. The third-order valence-electron chi connectivity index (χ3n) is 3.88. The first-order chi connectivity index (χ1) is 11.2. The molecule has 0 fully saturated rings. The molecule has 0 atom stereocenters. The van der Waals surface area contributed by atoms with Gasteiger partial charge >= 0.3 is 6.03 Å². The molecule has 0 saturated heterocycles. The maximum atomic E-state index is 13.1. The van der Waals surface area contributed by atoms with E-state index in [9.17, 15) is 9.18 Å². The van der Waals surface area contributed by atoms with Crippen LogP contribution in [0.2, 0.25) is 0 Å². The van der Waals surface area contributed by atoms with E-state index in [-0.39, 0.29) is 18.4 Å². The highest BCUT2D eigenvalue weighted by Crippen LogP contribution is 2.20. The predicted molar refractivity (Wildman–Crippen MR) is 76.8 cm³/mol. The third kappa shape index (κ3) is 2.52. The summed E-state index contributed by atoms with van der Waals surface area (Å²) >= 11 is 0. The van der Waals surface area contributed by atoms with Gasteiger partial charge in [0.15, 0.2) is 12.0 Å². The van der Waals surface area contributed by atoms with Gasteiger partial charge in [-0.1, -0.05) is 5.16 Å². The molecule has 0 unspecified atom stereocenters. The number of hydrogen-bond donors (Lipinski definition) is 1. The summed E-state index contributed by atoms with van der Waals surface area (Å²) in [5.41, 5.74) is 1.71. The Morgan fingerprint density at radius 3 is 3.26 bits per heavy atom. The second-order valence-corrected chi connectivity index (χ2v) is 5.32. The quantitative estimate of drug-likeness (QED) is 0.783. The van der Waals surface area contributed by atoms with E-state index >= 15 is 0 Å². The van der Waals surface area contributed by atoms with Crippen LogP contribution >= 0.6 is 0 Å². The van der Waals surface area contributed by atoms with Crippen molar-refractivity contribution in [2.45, 2.75) is 19.5 Å². The minimum absolute atomic E-state index is 0.208. The normalized spacial score (nSPS) is 14.0. The number of carbonyl (C=O) groups is 1. The van der Waals surface area contributed by atoms with Crippen molar-refractivity contribution in [2.24, 2.45) is 0 Å². The topological polar surface area (TPSA) is 84.4 Å². The molecule has 0 spiro atoms. The Morgan fingerprint density at radius 2 is 2.35 bits per heavy atom. The summed E-state index contributed by atoms with van der Waals surface area (Å²) in [6.45, 7) is 1.20. The van der Waals surface area contributed by atoms with Gasteiger partial charge in [0.05, 0.1) is 13.1 Å². The lowest BCUT2D eigenvalue weighted by Crippen LogP contribution is -2.42. The van der Waals surface area contributed by atoms with E-state index in [0.717, 1.165) is 11.5 Å². The summed E-state index contributed by atoms with van der Waals surface area (Å²) in [5.74, 6) is 0.444. The fourth-order valence-electron chi connectivity index (χ4n) is 2.66. The number of oxazole rings is 1. The highest BCUT2D eigenvalue weighted by molar-refractivity contribution is 5.80. The van der Waals surface area contributed by atoms with Crippen LogP contribution < -0.4 is 5.32 Å². The minimum atomic E-state index is -0.388. The second kappa shape index (κ2) is 5.38. The number of benzene rings is 1. The van der Waals surface area contributed by atoms with E-state index in [1.807, 2.05) is 0 Å². The molecule has 7 nitrogen and oxygen atoms in total. The van der Waals surface area contributed by atoms with Crippen molar-refractivity contribution in [2.75, 3.05) is 6.54 Å². The van der Waals surface area contributed by atoms with Gasteiger partial charge in [-0.25, -0.2) is 14.2 Å². The first-order valence-corrected chi connectivity index (χ1v) is 7.18. The van der Waals surface area contributed by atoms with Crippen molar-refractivity contribution < 1.29 is 18.1 Å². The number of fused-ring (bicyclic) bond motifs is 2. The highest BCUT2D eigenvalue weighted by atomic mass is 19.1. The van der Waals surface area contributed by atoms with Crippen LogP contribution in [0.1, 0.15) is 17.1 Å². The van der Waals surface area contributed by atoms with Crippen LogP contribution in [-0.2, 0) is 19.5 Å². The summed E-state index contributed by atoms with van der Waals surface area (Å²) in [4.78, 5) is 18.0. The van der Waals surface area contributed by atoms with Crippen LogP contribution in [0.3, 0.4) is 0 Å². The molecule has 3 aromatic rings. The number of amides is 2. The van der Waals surface area contributed by atoms with Gasteiger partial charge in [0.2, 0.25) is 0 Å². The number of nitrogens with one attached hydrogen (secondary N) is 1. The monoisotopic (exact) mass is 316 g/mol. The molecule has 1 aliphatic heterocycles. The van der Waals surface area contributed by atoms with Crippen LogP contribution in [0.15, 0.2) is 33.5 Å². The fraction of sp³-hybridized carbons (Fsp3) is 0.267. The Kier molecular flexibility index (Phi) is 3.22. The zero-order valence-corrected chi connectivity index (χ0v) is 12.1. The summed E-state index contributed by atoms with van der Waals surface area (Å²) in [6, 6.07) is 3.98. The Bertz CT molecular complexity index is 873. The molecule has 1 aromatic carbocycles. The van der Waals surface area contributed by atoms with E-state index in [1.165, 1.54) is 18.5 Å². The van der Waals surface area contributed by atoms with Crippen molar-refractivity contribution in [3.63, 3.8) is 0 Å². The molecule has 0 saturated carbocycles. The highest BCUT2D eigenvalue weighted by Gasteiger charge is 2.23. The molecule has 8 heteroatoms. The molecule has 0 radical (unpaired) electrons. The van der Waals surface area contributed by atoms with Gasteiger partial charge in [0.25, 0.3) is 0 Å². The average Bonchev–Trinajstić information content (AvgIpc) is 3.18. The van der Waals surface area contributed by atoms with Gasteiger partial charge in [-0.05, 0) is 12.1 Å². The molecule has 0 aliphatic carbocycles. The van der Waals surface area contributed by atoms with Crippen LogP contribution in [0.25, 0.3) is 11.0 Å². The molecule has 1 aliphatic rings. The van der Waals surface area contributed by atoms with Gasteiger partial charge < -0.3 is 19.2 Å².